The smallest absolute Gasteiger partial charge is 0.0224 e. The molecule has 1 heteroatoms. The standard InChI is InChI=1S/C19H19N/c1-19-15-8-4-2-6-12(15)18(14-10-20-11-17(14)19)13-7-3-5-9-16(13)19/h2-9,14,17-18,20H,10-11H2,1H3. The lowest BCUT2D eigenvalue weighted by Crippen LogP contribution is -2.50. The normalized spacial score (nSPS) is 36.4. The van der Waals surface area contributed by atoms with Crippen LogP contribution >= 0.6 is 0 Å². The Labute approximate surface area is 120 Å². The molecular weight excluding hydrogens is 242 g/mol. The number of hydrogen-bond acceptors (Lipinski definition) is 1. The van der Waals surface area contributed by atoms with Crippen molar-refractivity contribution in [2.75, 3.05) is 13.1 Å². The molecule has 1 saturated heterocycles. The minimum Gasteiger partial charge on any atom is -0.316 e. The SMILES string of the molecule is CC12c3ccccc3C(c3ccccc31)C1CNCC12. The summed E-state index contributed by atoms with van der Waals surface area (Å²) in [6, 6.07) is 18.3. The van der Waals surface area contributed by atoms with Crippen molar-refractivity contribution in [3.63, 3.8) is 0 Å². The highest BCUT2D eigenvalue weighted by atomic mass is 14.9. The van der Waals surface area contributed by atoms with E-state index in [1.54, 1.807) is 22.3 Å². The highest BCUT2D eigenvalue weighted by Gasteiger charge is 2.57. The monoisotopic (exact) mass is 261 g/mol. The van der Waals surface area contributed by atoms with Gasteiger partial charge in [0.15, 0.2) is 0 Å². The summed E-state index contributed by atoms with van der Waals surface area (Å²) in [5, 5.41) is 3.66. The molecule has 2 atom stereocenters. The molecule has 2 bridgehead atoms. The molecule has 1 fully saturated rings. The van der Waals surface area contributed by atoms with E-state index in [4.69, 9.17) is 0 Å². The van der Waals surface area contributed by atoms with Crippen molar-refractivity contribution in [3.05, 3.63) is 70.8 Å². The van der Waals surface area contributed by atoms with E-state index in [0.717, 1.165) is 11.8 Å². The summed E-state index contributed by atoms with van der Waals surface area (Å²) in [6.45, 7) is 4.82. The number of rotatable bonds is 0. The first-order valence-electron chi connectivity index (χ1n) is 7.71. The zero-order valence-corrected chi connectivity index (χ0v) is 11.8. The number of nitrogens with one attached hydrogen (secondary N) is 1. The van der Waals surface area contributed by atoms with Crippen LogP contribution in [0.2, 0.25) is 0 Å². The lowest BCUT2D eigenvalue weighted by Gasteiger charge is -2.54. The number of hydrogen-bond donors (Lipinski definition) is 1. The Morgan fingerprint density at radius 1 is 0.900 bits per heavy atom. The average molecular weight is 261 g/mol. The summed E-state index contributed by atoms with van der Waals surface area (Å²) >= 11 is 0. The molecule has 100 valence electrons. The van der Waals surface area contributed by atoms with Crippen molar-refractivity contribution in [2.45, 2.75) is 18.3 Å². The van der Waals surface area contributed by atoms with Crippen LogP contribution in [0.3, 0.4) is 0 Å². The molecule has 0 aromatic heterocycles. The maximum Gasteiger partial charge on any atom is 0.0224 e. The molecule has 0 spiro atoms. The molecule has 0 radical (unpaired) electrons. The predicted octanol–water partition coefficient (Wildman–Crippen LogP) is 3.29. The summed E-state index contributed by atoms with van der Waals surface area (Å²) in [5.41, 5.74) is 6.51. The molecule has 2 unspecified atom stereocenters. The summed E-state index contributed by atoms with van der Waals surface area (Å²) in [6.07, 6.45) is 0. The summed E-state index contributed by atoms with van der Waals surface area (Å²) in [4.78, 5) is 0. The third-order valence-corrected chi connectivity index (χ3v) is 6.14. The van der Waals surface area contributed by atoms with Crippen molar-refractivity contribution in [3.8, 4) is 0 Å². The van der Waals surface area contributed by atoms with Crippen molar-refractivity contribution >= 4 is 0 Å². The highest BCUT2D eigenvalue weighted by molar-refractivity contribution is 5.60. The second kappa shape index (κ2) is 3.53. The van der Waals surface area contributed by atoms with Crippen LogP contribution in [-0.4, -0.2) is 13.1 Å². The van der Waals surface area contributed by atoms with E-state index in [1.807, 2.05) is 0 Å². The van der Waals surface area contributed by atoms with Gasteiger partial charge in [0.05, 0.1) is 0 Å². The van der Waals surface area contributed by atoms with Crippen LogP contribution in [0.1, 0.15) is 35.1 Å². The Kier molecular flexibility index (Phi) is 1.96. The van der Waals surface area contributed by atoms with E-state index >= 15 is 0 Å². The number of benzene rings is 2. The van der Waals surface area contributed by atoms with Gasteiger partial charge in [-0.2, -0.15) is 0 Å². The van der Waals surface area contributed by atoms with Gasteiger partial charge in [-0.25, -0.2) is 0 Å². The Bertz CT molecular complexity index is 655. The second-order valence-electron chi connectivity index (χ2n) is 6.78. The quantitative estimate of drug-likeness (QED) is 0.767. The summed E-state index contributed by atoms with van der Waals surface area (Å²) in [5.74, 6) is 2.12. The Morgan fingerprint density at radius 2 is 1.50 bits per heavy atom. The lowest BCUT2D eigenvalue weighted by molar-refractivity contribution is 0.217. The van der Waals surface area contributed by atoms with Crippen molar-refractivity contribution < 1.29 is 0 Å². The zero-order chi connectivity index (χ0) is 13.3. The van der Waals surface area contributed by atoms with Crippen LogP contribution in [0, 0.1) is 11.8 Å². The molecule has 1 nitrogen and oxygen atoms in total. The molecule has 1 aliphatic heterocycles. The maximum absolute atomic E-state index is 3.66. The second-order valence-corrected chi connectivity index (χ2v) is 6.78. The van der Waals surface area contributed by atoms with Crippen LogP contribution < -0.4 is 5.32 Å². The fourth-order valence-corrected chi connectivity index (χ4v) is 5.34. The molecule has 2 aromatic carbocycles. The highest BCUT2D eigenvalue weighted by Crippen LogP contribution is 2.61. The molecule has 2 aromatic rings. The molecular formula is C19H19N. The Hall–Kier alpha value is -1.60. The van der Waals surface area contributed by atoms with Gasteiger partial charge >= 0.3 is 0 Å². The fraction of sp³-hybridized carbons (Fsp3) is 0.368. The van der Waals surface area contributed by atoms with E-state index in [2.05, 4.69) is 60.8 Å². The zero-order valence-electron chi connectivity index (χ0n) is 11.8. The van der Waals surface area contributed by atoms with Gasteiger partial charge in [0, 0.05) is 11.3 Å². The van der Waals surface area contributed by atoms with E-state index in [0.29, 0.717) is 5.92 Å². The van der Waals surface area contributed by atoms with E-state index in [1.165, 1.54) is 13.1 Å². The first kappa shape index (κ1) is 11.1. The van der Waals surface area contributed by atoms with Gasteiger partial charge in [-0.15, -0.1) is 0 Å². The minimum absolute atomic E-state index is 0.191. The van der Waals surface area contributed by atoms with Crippen LogP contribution in [0.15, 0.2) is 48.5 Å². The van der Waals surface area contributed by atoms with Crippen molar-refractivity contribution in [2.24, 2.45) is 11.8 Å². The molecule has 1 N–H and O–H groups in total. The van der Waals surface area contributed by atoms with Gasteiger partial charge in [0.2, 0.25) is 0 Å². The third-order valence-electron chi connectivity index (χ3n) is 6.14. The van der Waals surface area contributed by atoms with Crippen LogP contribution in [-0.2, 0) is 5.41 Å². The fourth-order valence-electron chi connectivity index (χ4n) is 5.34. The van der Waals surface area contributed by atoms with Crippen LogP contribution in [0.5, 0.6) is 0 Å². The van der Waals surface area contributed by atoms with Gasteiger partial charge in [0.25, 0.3) is 0 Å². The van der Waals surface area contributed by atoms with Gasteiger partial charge in [-0.1, -0.05) is 55.5 Å². The van der Waals surface area contributed by atoms with Crippen LogP contribution in [0.25, 0.3) is 0 Å². The molecule has 0 saturated carbocycles. The summed E-state index contributed by atoms with van der Waals surface area (Å²) in [7, 11) is 0. The predicted molar refractivity (Wildman–Crippen MR) is 81.0 cm³/mol. The molecule has 0 amide bonds. The van der Waals surface area contributed by atoms with Gasteiger partial charge in [0.1, 0.15) is 0 Å². The van der Waals surface area contributed by atoms with E-state index in [9.17, 15) is 0 Å². The van der Waals surface area contributed by atoms with Crippen LogP contribution in [0.4, 0.5) is 0 Å². The average Bonchev–Trinajstić information content (AvgIpc) is 2.99. The maximum atomic E-state index is 3.66. The first-order chi connectivity index (χ1) is 9.82. The first-order valence-corrected chi connectivity index (χ1v) is 7.71. The topological polar surface area (TPSA) is 12.0 Å². The third kappa shape index (κ3) is 1.07. The minimum atomic E-state index is 0.191. The molecule has 6 rings (SSSR count). The van der Waals surface area contributed by atoms with Gasteiger partial charge in [-0.05, 0) is 47.2 Å². The largest absolute Gasteiger partial charge is 0.316 e. The molecule has 3 aliphatic carbocycles. The van der Waals surface area contributed by atoms with E-state index < -0.39 is 0 Å². The van der Waals surface area contributed by atoms with Gasteiger partial charge in [-0.3, -0.25) is 0 Å². The van der Waals surface area contributed by atoms with E-state index in [-0.39, 0.29) is 5.41 Å². The van der Waals surface area contributed by atoms with Crippen molar-refractivity contribution in [1.29, 1.82) is 0 Å². The van der Waals surface area contributed by atoms with Crippen molar-refractivity contribution in [1.82, 2.24) is 5.32 Å². The Balaban J connectivity index is 1.91. The molecule has 1 heterocycles. The Morgan fingerprint density at radius 3 is 2.15 bits per heavy atom. The lowest BCUT2D eigenvalue weighted by atomic mass is 9.48. The molecule has 20 heavy (non-hydrogen) atoms. The van der Waals surface area contributed by atoms with Gasteiger partial charge < -0.3 is 5.32 Å². The summed E-state index contributed by atoms with van der Waals surface area (Å²) < 4.78 is 0. The molecule has 4 aliphatic rings.